The van der Waals surface area contributed by atoms with E-state index in [1.165, 1.54) is 12.4 Å². The molecule has 0 radical (unpaired) electrons. The molecule has 1 saturated heterocycles. The lowest BCUT2D eigenvalue weighted by Gasteiger charge is -2.31. The van der Waals surface area contributed by atoms with E-state index in [1.807, 2.05) is 35.2 Å². The van der Waals surface area contributed by atoms with Gasteiger partial charge in [0.1, 0.15) is 5.82 Å². The molecule has 0 amide bonds. The molecule has 0 bridgehead atoms. The van der Waals surface area contributed by atoms with Gasteiger partial charge >= 0.3 is 5.97 Å². The van der Waals surface area contributed by atoms with Crippen LogP contribution < -0.4 is 4.90 Å². The summed E-state index contributed by atoms with van der Waals surface area (Å²) in [6, 6.07) is 9.36. The van der Waals surface area contributed by atoms with Crippen molar-refractivity contribution in [1.29, 1.82) is 0 Å². The zero-order valence-electron chi connectivity index (χ0n) is 12.6. The molecule has 1 aromatic heterocycles. The predicted molar refractivity (Wildman–Crippen MR) is 84.7 cm³/mol. The molecule has 1 aliphatic heterocycles. The van der Waals surface area contributed by atoms with E-state index in [0.29, 0.717) is 18.9 Å². The summed E-state index contributed by atoms with van der Waals surface area (Å²) < 4.78 is 0. The van der Waals surface area contributed by atoms with E-state index in [9.17, 15) is 9.59 Å². The molecule has 0 aliphatic carbocycles. The number of nitrogens with zero attached hydrogens (tertiary/aromatic N) is 3. The largest absolute Gasteiger partial charge is 0.476 e. The highest BCUT2D eigenvalue weighted by Crippen LogP contribution is 2.24. The summed E-state index contributed by atoms with van der Waals surface area (Å²) in [5, 5.41) is 8.84. The van der Waals surface area contributed by atoms with Crippen LogP contribution in [0.2, 0.25) is 0 Å². The Morgan fingerprint density at radius 2 is 1.74 bits per heavy atom. The number of anilines is 1. The minimum absolute atomic E-state index is 0.0277. The number of benzene rings is 1. The Morgan fingerprint density at radius 3 is 2.30 bits per heavy atom. The topological polar surface area (TPSA) is 83.4 Å². The predicted octanol–water partition coefficient (Wildman–Crippen LogP) is 2.27. The summed E-state index contributed by atoms with van der Waals surface area (Å²) in [5.41, 5.74) is 0.694. The van der Waals surface area contributed by atoms with Gasteiger partial charge in [-0.25, -0.2) is 14.8 Å². The lowest BCUT2D eigenvalue weighted by Crippen LogP contribution is -2.37. The molecular formula is C17H17N3O3. The first kappa shape index (κ1) is 15.1. The Balaban J connectivity index is 1.62. The van der Waals surface area contributed by atoms with E-state index in [-0.39, 0.29) is 17.4 Å². The van der Waals surface area contributed by atoms with Gasteiger partial charge in [-0.05, 0) is 12.8 Å². The molecule has 1 aliphatic rings. The Labute approximate surface area is 133 Å². The van der Waals surface area contributed by atoms with Crippen molar-refractivity contribution in [2.75, 3.05) is 18.0 Å². The van der Waals surface area contributed by atoms with Crippen LogP contribution in [0.15, 0.2) is 42.7 Å². The number of carboxylic acids is 1. The standard InChI is InChI=1S/C17H17N3O3/c21-16(12-4-2-1-3-5-12)13-6-8-20(9-7-13)15-11-18-14(10-19-15)17(22)23/h1-5,10-11,13H,6-9H2,(H,22,23). The van der Waals surface area contributed by atoms with Crippen molar-refractivity contribution >= 4 is 17.6 Å². The van der Waals surface area contributed by atoms with E-state index >= 15 is 0 Å². The van der Waals surface area contributed by atoms with Gasteiger partial charge in [-0.2, -0.15) is 0 Å². The first-order valence-electron chi connectivity index (χ1n) is 7.54. The summed E-state index contributed by atoms with van der Waals surface area (Å²) >= 11 is 0. The molecule has 6 nitrogen and oxygen atoms in total. The molecule has 3 rings (SSSR count). The number of piperidine rings is 1. The molecule has 0 atom stereocenters. The van der Waals surface area contributed by atoms with Gasteiger partial charge in [-0.15, -0.1) is 0 Å². The van der Waals surface area contributed by atoms with Crippen molar-refractivity contribution in [3.05, 3.63) is 54.0 Å². The van der Waals surface area contributed by atoms with Gasteiger partial charge in [0.25, 0.3) is 0 Å². The highest BCUT2D eigenvalue weighted by molar-refractivity contribution is 5.97. The fourth-order valence-corrected chi connectivity index (χ4v) is 2.80. The number of hydrogen-bond donors (Lipinski definition) is 1. The van der Waals surface area contributed by atoms with Gasteiger partial charge in [0.2, 0.25) is 0 Å². The van der Waals surface area contributed by atoms with Crippen LogP contribution in [0.25, 0.3) is 0 Å². The second kappa shape index (κ2) is 6.56. The monoisotopic (exact) mass is 311 g/mol. The number of carboxylic acid groups (broad SMARTS) is 1. The highest BCUT2D eigenvalue weighted by Gasteiger charge is 2.26. The summed E-state index contributed by atoms with van der Waals surface area (Å²) in [6.07, 6.45) is 4.26. The molecule has 6 heteroatoms. The second-order valence-electron chi connectivity index (χ2n) is 5.56. The van der Waals surface area contributed by atoms with E-state index in [4.69, 9.17) is 5.11 Å². The van der Waals surface area contributed by atoms with Gasteiger partial charge < -0.3 is 10.0 Å². The first-order valence-corrected chi connectivity index (χ1v) is 7.54. The third-order valence-corrected chi connectivity index (χ3v) is 4.11. The molecule has 0 saturated carbocycles. The minimum Gasteiger partial charge on any atom is -0.476 e. The van der Waals surface area contributed by atoms with Crippen molar-refractivity contribution < 1.29 is 14.7 Å². The van der Waals surface area contributed by atoms with Crippen LogP contribution in [0.1, 0.15) is 33.7 Å². The van der Waals surface area contributed by atoms with Crippen molar-refractivity contribution in [2.45, 2.75) is 12.8 Å². The molecule has 118 valence electrons. The zero-order chi connectivity index (χ0) is 16.2. The number of aromatic carboxylic acids is 1. The molecule has 23 heavy (non-hydrogen) atoms. The van der Waals surface area contributed by atoms with Crippen LogP contribution in [0.5, 0.6) is 0 Å². The zero-order valence-corrected chi connectivity index (χ0v) is 12.6. The Morgan fingerprint density at radius 1 is 1.04 bits per heavy atom. The van der Waals surface area contributed by atoms with Gasteiger partial charge in [0, 0.05) is 24.6 Å². The smallest absolute Gasteiger partial charge is 0.356 e. The molecule has 1 aromatic carbocycles. The number of carbonyl (C=O) groups excluding carboxylic acids is 1. The minimum atomic E-state index is -1.09. The van der Waals surface area contributed by atoms with Gasteiger partial charge in [-0.3, -0.25) is 4.79 Å². The number of rotatable bonds is 4. The van der Waals surface area contributed by atoms with Crippen molar-refractivity contribution in [3.8, 4) is 0 Å². The number of carbonyl (C=O) groups is 2. The van der Waals surface area contributed by atoms with Gasteiger partial charge in [0.15, 0.2) is 11.5 Å². The quantitative estimate of drug-likeness (QED) is 0.872. The lowest BCUT2D eigenvalue weighted by atomic mass is 9.89. The lowest BCUT2D eigenvalue weighted by molar-refractivity contribution is 0.0689. The molecule has 0 unspecified atom stereocenters. The average Bonchev–Trinajstić information content (AvgIpc) is 2.62. The number of aromatic nitrogens is 2. The van der Waals surface area contributed by atoms with Gasteiger partial charge in [0.05, 0.1) is 12.4 Å². The summed E-state index contributed by atoms with van der Waals surface area (Å²) in [6.45, 7) is 1.43. The maximum atomic E-state index is 12.5. The van der Waals surface area contributed by atoms with Crippen LogP contribution >= 0.6 is 0 Å². The van der Waals surface area contributed by atoms with Crippen molar-refractivity contribution in [3.63, 3.8) is 0 Å². The van der Waals surface area contributed by atoms with Crippen LogP contribution in [-0.4, -0.2) is 39.9 Å². The second-order valence-corrected chi connectivity index (χ2v) is 5.56. The Hall–Kier alpha value is -2.76. The number of ketones is 1. The van der Waals surface area contributed by atoms with Crippen LogP contribution in [0.4, 0.5) is 5.82 Å². The van der Waals surface area contributed by atoms with E-state index in [1.54, 1.807) is 0 Å². The summed E-state index contributed by atoms with van der Waals surface area (Å²) in [4.78, 5) is 33.3. The van der Waals surface area contributed by atoms with E-state index in [0.717, 1.165) is 18.4 Å². The molecule has 1 N–H and O–H groups in total. The molecule has 2 heterocycles. The Kier molecular flexibility index (Phi) is 4.32. The normalized spacial score (nSPS) is 15.4. The van der Waals surface area contributed by atoms with Crippen molar-refractivity contribution in [1.82, 2.24) is 9.97 Å². The third-order valence-electron chi connectivity index (χ3n) is 4.11. The van der Waals surface area contributed by atoms with E-state index in [2.05, 4.69) is 9.97 Å². The number of Topliss-reactive ketones (excluding diaryl/α,β-unsaturated/α-hetero) is 1. The molecule has 1 fully saturated rings. The van der Waals surface area contributed by atoms with Crippen molar-refractivity contribution in [2.24, 2.45) is 5.92 Å². The maximum absolute atomic E-state index is 12.5. The van der Waals surface area contributed by atoms with Crippen LogP contribution in [-0.2, 0) is 0 Å². The van der Waals surface area contributed by atoms with Gasteiger partial charge in [-0.1, -0.05) is 30.3 Å². The van der Waals surface area contributed by atoms with Crippen LogP contribution in [0, 0.1) is 5.92 Å². The van der Waals surface area contributed by atoms with E-state index < -0.39 is 5.97 Å². The highest BCUT2D eigenvalue weighted by atomic mass is 16.4. The summed E-state index contributed by atoms with van der Waals surface area (Å²) in [7, 11) is 0. The summed E-state index contributed by atoms with van der Waals surface area (Å²) in [5.74, 6) is -0.214. The fraction of sp³-hybridized carbons (Fsp3) is 0.294. The Bertz CT molecular complexity index is 693. The fourth-order valence-electron chi connectivity index (χ4n) is 2.80. The maximum Gasteiger partial charge on any atom is 0.356 e. The SMILES string of the molecule is O=C(O)c1cnc(N2CCC(C(=O)c3ccccc3)CC2)cn1. The molecular weight excluding hydrogens is 294 g/mol. The third kappa shape index (κ3) is 3.36. The van der Waals surface area contributed by atoms with Crippen LogP contribution in [0.3, 0.4) is 0 Å². The first-order chi connectivity index (χ1) is 11.1. The average molecular weight is 311 g/mol. The number of hydrogen-bond acceptors (Lipinski definition) is 5. The molecule has 0 spiro atoms. The molecule has 2 aromatic rings.